The third kappa shape index (κ3) is 5.70. The van der Waals surface area contributed by atoms with Gasteiger partial charge in [0.1, 0.15) is 6.33 Å². The summed E-state index contributed by atoms with van der Waals surface area (Å²) in [6.07, 6.45) is 5.51. The fourth-order valence-corrected chi connectivity index (χ4v) is 2.91. The van der Waals surface area contributed by atoms with E-state index in [1.54, 1.807) is 6.33 Å². The Kier molecular flexibility index (Phi) is 7.30. The molecule has 24 heavy (non-hydrogen) atoms. The quantitative estimate of drug-likeness (QED) is 0.558. The van der Waals surface area contributed by atoms with Crippen LogP contribution in [0.5, 0.6) is 0 Å². The van der Waals surface area contributed by atoms with Gasteiger partial charge in [0, 0.05) is 12.2 Å². The molecule has 1 amide bonds. The number of nitrogens with zero attached hydrogens (tertiary/aromatic N) is 4. The first-order valence-corrected chi connectivity index (χ1v) is 8.98. The number of hydrogen-bond donors (Lipinski definition) is 1. The number of amides is 1. The largest absolute Gasteiger partial charge is 0.325 e. The molecule has 0 saturated carbocycles. The summed E-state index contributed by atoms with van der Waals surface area (Å²) in [6, 6.07) is 9.40. The monoisotopic (exact) mass is 343 g/mol. The molecule has 0 unspecified atom stereocenters. The van der Waals surface area contributed by atoms with E-state index in [2.05, 4.69) is 28.5 Å². The third-order valence-electron chi connectivity index (χ3n) is 3.44. The number of nitrogens with one attached hydrogen (secondary N) is 1. The fraction of sp³-hybridized carbons (Fsp3) is 0.412. The minimum atomic E-state index is -0.0869. The van der Waals surface area contributed by atoms with E-state index in [9.17, 15) is 4.79 Å². The molecule has 1 aromatic carbocycles. The molecule has 0 fully saturated rings. The highest BCUT2D eigenvalue weighted by Crippen LogP contribution is 2.17. The van der Waals surface area contributed by atoms with Crippen molar-refractivity contribution in [2.75, 3.05) is 11.1 Å². The predicted molar refractivity (Wildman–Crippen MR) is 94.7 cm³/mol. The van der Waals surface area contributed by atoms with Crippen molar-refractivity contribution in [1.82, 2.24) is 14.8 Å². The maximum absolute atomic E-state index is 12.0. The molecule has 126 valence electrons. The molecule has 0 aliphatic carbocycles. The van der Waals surface area contributed by atoms with Crippen LogP contribution in [-0.2, 0) is 17.8 Å². The Morgan fingerprint density at radius 1 is 1.33 bits per heavy atom. The average molecular weight is 343 g/mol. The van der Waals surface area contributed by atoms with E-state index in [0.29, 0.717) is 6.42 Å². The van der Waals surface area contributed by atoms with Crippen molar-refractivity contribution in [3.63, 3.8) is 0 Å². The van der Waals surface area contributed by atoms with Crippen molar-refractivity contribution in [2.45, 2.75) is 44.3 Å². The van der Waals surface area contributed by atoms with Crippen molar-refractivity contribution in [3.05, 3.63) is 36.2 Å². The molecule has 0 radical (unpaired) electrons. The first kappa shape index (κ1) is 18.0. The van der Waals surface area contributed by atoms with Crippen molar-refractivity contribution in [1.29, 1.82) is 5.26 Å². The summed E-state index contributed by atoms with van der Waals surface area (Å²) in [5.41, 5.74) is 1.66. The van der Waals surface area contributed by atoms with Crippen LogP contribution in [0.4, 0.5) is 5.69 Å². The summed E-state index contributed by atoms with van der Waals surface area (Å²) >= 11 is 1.38. The zero-order chi connectivity index (χ0) is 17.2. The molecule has 7 heteroatoms. The molecular weight excluding hydrogens is 322 g/mol. The summed E-state index contributed by atoms with van der Waals surface area (Å²) in [5.74, 6) is 0.197. The van der Waals surface area contributed by atoms with Gasteiger partial charge in [0.15, 0.2) is 5.16 Å². The molecular formula is C17H21N5OS. The Hall–Kier alpha value is -2.33. The molecule has 0 spiro atoms. The summed E-state index contributed by atoms with van der Waals surface area (Å²) in [5, 5.41) is 20.3. The Morgan fingerprint density at radius 3 is 2.83 bits per heavy atom. The van der Waals surface area contributed by atoms with Gasteiger partial charge in [0.05, 0.1) is 18.2 Å². The number of carbonyl (C=O) groups is 1. The van der Waals surface area contributed by atoms with Gasteiger partial charge in [-0.15, -0.1) is 10.2 Å². The number of hydrogen-bond acceptors (Lipinski definition) is 5. The lowest BCUT2D eigenvalue weighted by molar-refractivity contribution is -0.113. The molecule has 0 saturated heterocycles. The lowest BCUT2D eigenvalue weighted by Crippen LogP contribution is -2.14. The molecule has 0 aliphatic rings. The van der Waals surface area contributed by atoms with Crippen molar-refractivity contribution >= 4 is 23.4 Å². The maximum Gasteiger partial charge on any atom is 0.234 e. The summed E-state index contributed by atoms with van der Waals surface area (Å²) < 4.78 is 1.99. The minimum Gasteiger partial charge on any atom is -0.325 e. The van der Waals surface area contributed by atoms with Crippen molar-refractivity contribution in [3.8, 4) is 6.07 Å². The zero-order valence-electron chi connectivity index (χ0n) is 13.7. The van der Waals surface area contributed by atoms with Crippen LogP contribution in [0.15, 0.2) is 35.7 Å². The van der Waals surface area contributed by atoms with Crippen LogP contribution < -0.4 is 5.32 Å². The average Bonchev–Trinajstić information content (AvgIpc) is 3.03. The summed E-state index contributed by atoms with van der Waals surface area (Å²) in [6.45, 7) is 3.05. The molecule has 2 aromatic rings. The Labute approximate surface area is 146 Å². The topological polar surface area (TPSA) is 83.6 Å². The molecule has 0 bridgehead atoms. The van der Waals surface area contributed by atoms with E-state index in [0.717, 1.165) is 29.4 Å². The van der Waals surface area contributed by atoms with Gasteiger partial charge < -0.3 is 9.88 Å². The van der Waals surface area contributed by atoms with Gasteiger partial charge >= 0.3 is 0 Å². The number of nitriles is 1. The van der Waals surface area contributed by atoms with E-state index in [4.69, 9.17) is 5.26 Å². The van der Waals surface area contributed by atoms with Crippen molar-refractivity contribution < 1.29 is 4.79 Å². The second-order valence-electron chi connectivity index (χ2n) is 5.38. The van der Waals surface area contributed by atoms with E-state index in [1.165, 1.54) is 24.6 Å². The standard InChI is InChI=1S/C17H21N5OS/c1-2-3-4-11-22-13-19-21-17(22)24-12-16(23)20-15-7-5-14(6-8-15)9-10-18/h5-8,13H,2-4,9,11-12H2,1H3,(H,20,23). The lowest BCUT2D eigenvalue weighted by Gasteiger charge is -2.07. The fourth-order valence-electron chi connectivity index (χ4n) is 2.17. The molecule has 2 rings (SSSR count). The normalized spacial score (nSPS) is 10.3. The van der Waals surface area contributed by atoms with Gasteiger partial charge in [-0.05, 0) is 24.1 Å². The Balaban J connectivity index is 1.81. The molecule has 1 N–H and O–H groups in total. The van der Waals surface area contributed by atoms with Gasteiger partial charge in [0.25, 0.3) is 0 Å². The number of aromatic nitrogens is 3. The second-order valence-corrected chi connectivity index (χ2v) is 6.33. The third-order valence-corrected chi connectivity index (χ3v) is 4.42. The van der Waals surface area contributed by atoms with Crippen LogP contribution in [0.2, 0.25) is 0 Å². The molecule has 0 atom stereocenters. The first-order valence-electron chi connectivity index (χ1n) is 7.99. The number of carbonyl (C=O) groups excluding carboxylic acids is 1. The van der Waals surface area contributed by atoms with E-state index in [-0.39, 0.29) is 11.7 Å². The highest BCUT2D eigenvalue weighted by atomic mass is 32.2. The Morgan fingerprint density at radius 2 is 2.12 bits per heavy atom. The van der Waals surface area contributed by atoms with Gasteiger partial charge in [-0.25, -0.2) is 0 Å². The smallest absolute Gasteiger partial charge is 0.234 e. The number of thioether (sulfide) groups is 1. The highest BCUT2D eigenvalue weighted by molar-refractivity contribution is 7.99. The number of rotatable bonds is 9. The Bertz CT molecular complexity index is 690. The molecule has 6 nitrogen and oxygen atoms in total. The number of unbranched alkanes of at least 4 members (excludes halogenated alkanes) is 2. The number of benzene rings is 1. The number of aryl methyl sites for hydroxylation is 1. The van der Waals surface area contributed by atoms with Gasteiger partial charge in [0.2, 0.25) is 5.91 Å². The predicted octanol–water partition coefficient (Wildman–Crippen LogP) is 3.27. The van der Waals surface area contributed by atoms with Crippen LogP contribution in [0, 0.1) is 11.3 Å². The number of anilines is 1. The molecule has 1 aromatic heterocycles. The van der Waals surface area contributed by atoms with E-state index in [1.807, 2.05) is 28.8 Å². The van der Waals surface area contributed by atoms with E-state index < -0.39 is 0 Å². The van der Waals surface area contributed by atoms with Crippen LogP contribution in [0.3, 0.4) is 0 Å². The summed E-state index contributed by atoms with van der Waals surface area (Å²) in [7, 11) is 0. The van der Waals surface area contributed by atoms with Crippen LogP contribution in [0.1, 0.15) is 31.7 Å². The van der Waals surface area contributed by atoms with Gasteiger partial charge in [-0.3, -0.25) is 4.79 Å². The van der Waals surface area contributed by atoms with Gasteiger partial charge in [-0.2, -0.15) is 5.26 Å². The summed E-state index contributed by atoms with van der Waals surface area (Å²) in [4.78, 5) is 12.0. The van der Waals surface area contributed by atoms with E-state index >= 15 is 0 Å². The second kappa shape index (κ2) is 9.73. The SMILES string of the molecule is CCCCCn1cnnc1SCC(=O)Nc1ccc(CC#N)cc1. The van der Waals surface area contributed by atoms with Gasteiger partial charge in [-0.1, -0.05) is 43.7 Å². The highest BCUT2D eigenvalue weighted by Gasteiger charge is 2.09. The van der Waals surface area contributed by atoms with Crippen LogP contribution in [-0.4, -0.2) is 26.4 Å². The van der Waals surface area contributed by atoms with Crippen molar-refractivity contribution in [2.24, 2.45) is 0 Å². The van der Waals surface area contributed by atoms with Crippen LogP contribution in [0.25, 0.3) is 0 Å². The molecule has 1 heterocycles. The zero-order valence-corrected chi connectivity index (χ0v) is 14.6. The first-order chi connectivity index (χ1) is 11.7. The maximum atomic E-state index is 12.0. The minimum absolute atomic E-state index is 0.0869. The lowest BCUT2D eigenvalue weighted by atomic mass is 10.1. The van der Waals surface area contributed by atoms with Crippen LogP contribution >= 0.6 is 11.8 Å². The molecule has 0 aliphatic heterocycles.